The lowest BCUT2D eigenvalue weighted by Gasteiger charge is -2.05. The zero-order chi connectivity index (χ0) is 15.2. The number of nitrogens with zero attached hydrogens (tertiary/aromatic N) is 1. The summed E-state index contributed by atoms with van der Waals surface area (Å²) in [6.45, 7) is 0.374. The molecule has 21 heavy (non-hydrogen) atoms. The summed E-state index contributed by atoms with van der Waals surface area (Å²) < 4.78 is 5.31. The third kappa shape index (κ3) is 3.58. The van der Waals surface area contributed by atoms with Crippen LogP contribution in [0.2, 0.25) is 0 Å². The number of para-hydroxylation sites is 1. The standard InChI is InChI=1S/C15H12ClNO4/c16-9-10-21-12-7-5-11(6-8-12)15(18)13-3-1-2-4-14(13)17(19)20/h1-8H,9-10H2. The predicted molar refractivity (Wildman–Crippen MR) is 79.2 cm³/mol. The molecule has 0 amide bonds. The van der Waals surface area contributed by atoms with Crippen LogP contribution < -0.4 is 4.74 Å². The Hall–Kier alpha value is -2.40. The largest absolute Gasteiger partial charge is 0.492 e. The Kier molecular flexibility index (Phi) is 4.90. The number of hydrogen-bond donors (Lipinski definition) is 0. The van der Waals surface area contributed by atoms with Crippen LogP contribution in [0.15, 0.2) is 48.5 Å². The second-order valence-electron chi connectivity index (χ2n) is 4.17. The van der Waals surface area contributed by atoms with E-state index in [-0.39, 0.29) is 11.3 Å². The summed E-state index contributed by atoms with van der Waals surface area (Å²) in [5.74, 6) is 0.567. The van der Waals surface area contributed by atoms with Crippen molar-refractivity contribution in [2.45, 2.75) is 0 Å². The average Bonchev–Trinajstić information content (AvgIpc) is 2.52. The fourth-order valence-corrected chi connectivity index (χ4v) is 1.92. The van der Waals surface area contributed by atoms with Gasteiger partial charge in [-0.1, -0.05) is 12.1 Å². The molecular weight excluding hydrogens is 294 g/mol. The molecular formula is C15H12ClNO4. The highest BCUT2D eigenvalue weighted by molar-refractivity contribution is 6.18. The highest BCUT2D eigenvalue weighted by Crippen LogP contribution is 2.22. The average molecular weight is 306 g/mol. The van der Waals surface area contributed by atoms with Crippen LogP contribution in [0.4, 0.5) is 5.69 Å². The quantitative estimate of drug-likeness (QED) is 0.355. The van der Waals surface area contributed by atoms with Crippen molar-refractivity contribution >= 4 is 23.1 Å². The van der Waals surface area contributed by atoms with Gasteiger partial charge in [-0.25, -0.2) is 0 Å². The first kappa shape index (κ1) is 15.0. The van der Waals surface area contributed by atoms with E-state index in [1.807, 2.05) is 0 Å². The number of benzene rings is 2. The third-order valence-corrected chi connectivity index (χ3v) is 2.96. The van der Waals surface area contributed by atoms with Crippen LogP contribution >= 0.6 is 11.6 Å². The van der Waals surface area contributed by atoms with Gasteiger partial charge in [0, 0.05) is 11.6 Å². The number of nitro groups is 1. The second kappa shape index (κ2) is 6.85. The number of rotatable bonds is 6. The first-order valence-electron chi connectivity index (χ1n) is 6.20. The van der Waals surface area contributed by atoms with E-state index >= 15 is 0 Å². The minimum absolute atomic E-state index is 0.0666. The molecule has 0 atom stereocenters. The summed E-state index contributed by atoms with van der Waals surface area (Å²) in [4.78, 5) is 22.7. The number of halogens is 1. The molecule has 0 spiro atoms. The second-order valence-corrected chi connectivity index (χ2v) is 4.54. The molecule has 0 aromatic heterocycles. The van der Waals surface area contributed by atoms with Gasteiger partial charge in [0.2, 0.25) is 0 Å². The number of carbonyl (C=O) groups excluding carboxylic acids is 1. The first-order chi connectivity index (χ1) is 10.1. The van der Waals surface area contributed by atoms with E-state index < -0.39 is 10.7 Å². The SMILES string of the molecule is O=C(c1ccc(OCCCl)cc1)c1ccccc1[N+](=O)[O-]. The van der Waals surface area contributed by atoms with E-state index in [2.05, 4.69) is 0 Å². The molecule has 2 aromatic rings. The number of hydrogen-bond acceptors (Lipinski definition) is 4. The maximum absolute atomic E-state index is 12.3. The van der Waals surface area contributed by atoms with Gasteiger partial charge in [0.15, 0.2) is 5.78 Å². The topological polar surface area (TPSA) is 69.4 Å². The Labute approximate surface area is 126 Å². The van der Waals surface area contributed by atoms with Gasteiger partial charge in [-0.05, 0) is 30.3 Å². The summed E-state index contributed by atoms with van der Waals surface area (Å²) in [6.07, 6.45) is 0. The Morgan fingerprint density at radius 1 is 1.14 bits per heavy atom. The van der Waals surface area contributed by atoms with Crippen molar-refractivity contribution in [3.05, 3.63) is 69.8 Å². The van der Waals surface area contributed by atoms with Gasteiger partial charge in [0.1, 0.15) is 17.9 Å². The van der Waals surface area contributed by atoms with Crippen LogP contribution in [0.25, 0.3) is 0 Å². The molecule has 0 bridgehead atoms. The van der Waals surface area contributed by atoms with Crippen molar-refractivity contribution in [3.8, 4) is 5.75 Å². The molecule has 0 unspecified atom stereocenters. The molecule has 0 heterocycles. The maximum atomic E-state index is 12.3. The predicted octanol–water partition coefficient (Wildman–Crippen LogP) is 3.44. The normalized spacial score (nSPS) is 10.1. The Balaban J connectivity index is 2.26. The fraction of sp³-hybridized carbons (Fsp3) is 0.133. The lowest BCUT2D eigenvalue weighted by atomic mass is 10.0. The highest BCUT2D eigenvalue weighted by Gasteiger charge is 2.20. The molecule has 2 aromatic carbocycles. The van der Waals surface area contributed by atoms with Crippen LogP contribution in [-0.4, -0.2) is 23.2 Å². The van der Waals surface area contributed by atoms with Crippen molar-refractivity contribution in [2.75, 3.05) is 12.5 Å². The molecule has 0 aliphatic heterocycles. The number of nitro benzene ring substituents is 1. The molecule has 0 saturated heterocycles. The lowest BCUT2D eigenvalue weighted by molar-refractivity contribution is -0.385. The molecule has 108 valence electrons. The Bertz CT molecular complexity index is 655. The van der Waals surface area contributed by atoms with E-state index in [1.54, 1.807) is 30.3 Å². The summed E-state index contributed by atoms with van der Waals surface area (Å²) in [6, 6.07) is 12.3. The number of ketones is 1. The highest BCUT2D eigenvalue weighted by atomic mass is 35.5. The first-order valence-corrected chi connectivity index (χ1v) is 6.74. The van der Waals surface area contributed by atoms with E-state index in [0.717, 1.165) is 0 Å². The van der Waals surface area contributed by atoms with Crippen LogP contribution in [0, 0.1) is 10.1 Å². The zero-order valence-corrected chi connectivity index (χ0v) is 11.7. The van der Waals surface area contributed by atoms with Crippen LogP contribution in [-0.2, 0) is 0 Å². The monoisotopic (exact) mass is 305 g/mol. The van der Waals surface area contributed by atoms with Gasteiger partial charge in [0.25, 0.3) is 5.69 Å². The molecule has 2 rings (SSSR count). The Morgan fingerprint density at radius 2 is 1.81 bits per heavy atom. The fourth-order valence-electron chi connectivity index (χ4n) is 1.84. The van der Waals surface area contributed by atoms with E-state index in [0.29, 0.717) is 23.8 Å². The van der Waals surface area contributed by atoms with E-state index in [4.69, 9.17) is 16.3 Å². The molecule has 6 heteroatoms. The molecule has 0 radical (unpaired) electrons. The van der Waals surface area contributed by atoms with Gasteiger partial charge in [-0.15, -0.1) is 11.6 Å². The number of alkyl halides is 1. The summed E-state index contributed by atoms with van der Waals surface area (Å²) in [5.41, 5.74) is 0.226. The van der Waals surface area contributed by atoms with Crippen LogP contribution in [0.1, 0.15) is 15.9 Å². The van der Waals surface area contributed by atoms with Gasteiger partial charge < -0.3 is 4.74 Å². The number of ether oxygens (including phenoxy) is 1. The Morgan fingerprint density at radius 3 is 2.43 bits per heavy atom. The molecule has 0 N–H and O–H groups in total. The van der Waals surface area contributed by atoms with Crippen molar-refractivity contribution in [3.63, 3.8) is 0 Å². The van der Waals surface area contributed by atoms with Crippen molar-refractivity contribution in [1.82, 2.24) is 0 Å². The van der Waals surface area contributed by atoms with E-state index in [9.17, 15) is 14.9 Å². The van der Waals surface area contributed by atoms with Crippen LogP contribution in [0.5, 0.6) is 5.75 Å². The van der Waals surface area contributed by atoms with E-state index in [1.165, 1.54) is 18.2 Å². The zero-order valence-electron chi connectivity index (χ0n) is 11.0. The molecule has 0 aliphatic carbocycles. The van der Waals surface area contributed by atoms with Gasteiger partial charge in [-0.3, -0.25) is 14.9 Å². The number of carbonyl (C=O) groups is 1. The third-order valence-electron chi connectivity index (χ3n) is 2.81. The molecule has 0 saturated carbocycles. The van der Waals surface area contributed by atoms with Gasteiger partial charge in [0.05, 0.1) is 10.8 Å². The van der Waals surface area contributed by atoms with Gasteiger partial charge >= 0.3 is 0 Å². The minimum atomic E-state index is -0.564. The summed E-state index contributed by atoms with van der Waals surface area (Å²) in [7, 11) is 0. The summed E-state index contributed by atoms with van der Waals surface area (Å²) in [5, 5.41) is 11.0. The maximum Gasteiger partial charge on any atom is 0.280 e. The summed E-state index contributed by atoms with van der Waals surface area (Å²) >= 11 is 5.52. The van der Waals surface area contributed by atoms with Crippen LogP contribution in [0.3, 0.4) is 0 Å². The molecule has 0 aliphatic rings. The molecule has 5 nitrogen and oxygen atoms in total. The minimum Gasteiger partial charge on any atom is -0.492 e. The van der Waals surface area contributed by atoms with Crippen molar-refractivity contribution < 1.29 is 14.5 Å². The lowest BCUT2D eigenvalue weighted by Crippen LogP contribution is -2.05. The van der Waals surface area contributed by atoms with Crippen molar-refractivity contribution in [2.24, 2.45) is 0 Å². The molecule has 0 fully saturated rings. The smallest absolute Gasteiger partial charge is 0.280 e. The van der Waals surface area contributed by atoms with Gasteiger partial charge in [-0.2, -0.15) is 0 Å². The van der Waals surface area contributed by atoms with Crippen molar-refractivity contribution in [1.29, 1.82) is 0 Å².